The molecule has 0 amide bonds. The van der Waals surface area contributed by atoms with Crippen molar-refractivity contribution >= 4 is 22.6 Å². The van der Waals surface area contributed by atoms with Gasteiger partial charge < -0.3 is 5.32 Å². The second-order valence-corrected chi connectivity index (χ2v) is 7.23. The molecule has 1 aromatic carbocycles. The third kappa shape index (κ3) is 4.75. The number of nitrogens with one attached hydrogen (secondary N) is 1. The fourth-order valence-electron chi connectivity index (χ4n) is 3.19. The molecule has 0 radical (unpaired) electrons. The topological polar surface area (TPSA) is 12.0 Å². The standard InChI is InChI=1S/C17H26IN/c1-13(15-7-5-3-4-6-8-15)19-14(2)16-9-11-17(18)12-10-16/h9-15,19H,3-8H2,1-2H3/t13-,14?/m0/s1. The molecule has 2 heteroatoms. The van der Waals surface area contributed by atoms with Crippen molar-refractivity contribution in [1.82, 2.24) is 5.32 Å². The summed E-state index contributed by atoms with van der Waals surface area (Å²) in [5, 5.41) is 3.81. The highest BCUT2D eigenvalue weighted by molar-refractivity contribution is 14.1. The fraction of sp³-hybridized carbons (Fsp3) is 0.647. The predicted molar refractivity (Wildman–Crippen MR) is 91.4 cm³/mol. The van der Waals surface area contributed by atoms with Crippen LogP contribution in [0.1, 0.15) is 64.0 Å². The molecule has 1 nitrogen and oxygen atoms in total. The van der Waals surface area contributed by atoms with Gasteiger partial charge in [0.15, 0.2) is 0 Å². The van der Waals surface area contributed by atoms with Crippen LogP contribution in [0.2, 0.25) is 0 Å². The second-order valence-electron chi connectivity index (χ2n) is 5.98. The molecule has 19 heavy (non-hydrogen) atoms. The van der Waals surface area contributed by atoms with E-state index in [-0.39, 0.29) is 0 Å². The Kier molecular flexibility index (Phi) is 6.14. The van der Waals surface area contributed by atoms with Crippen molar-refractivity contribution in [3.63, 3.8) is 0 Å². The molecule has 1 aliphatic rings. The molecule has 2 rings (SSSR count). The van der Waals surface area contributed by atoms with Crippen LogP contribution in [0.4, 0.5) is 0 Å². The smallest absolute Gasteiger partial charge is 0.0294 e. The first-order chi connectivity index (χ1) is 9.16. The average Bonchev–Trinajstić information content (AvgIpc) is 2.68. The first-order valence-corrected chi connectivity index (χ1v) is 8.76. The van der Waals surface area contributed by atoms with Crippen LogP contribution in [0, 0.1) is 9.49 Å². The molecule has 1 aliphatic carbocycles. The van der Waals surface area contributed by atoms with Crippen molar-refractivity contribution in [1.29, 1.82) is 0 Å². The Morgan fingerprint density at radius 3 is 2.16 bits per heavy atom. The molecule has 0 saturated heterocycles. The van der Waals surface area contributed by atoms with Crippen LogP contribution in [0.15, 0.2) is 24.3 Å². The van der Waals surface area contributed by atoms with Crippen LogP contribution in [-0.4, -0.2) is 6.04 Å². The van der Waals surface area contributed by atoms with Gasteiger partial charge in [-0.3, -0.25) is 0 Å². The van der Waals surface area contributed by atoms with Gasteiger partial charge in [-0.25, -0.2) is 0 Å². The average molecular weight is 371 g/mol. The summed E-state index contributed by atoms with van der Waals surface area (Å²) in [6.45, 7) is 4.66. The number of hydrogen-bond acceptors (Lipinski definition) is 1. The van der Waals surface area contributed by atoms with E-state index in [4.69, 9.17) is 0 Å². The Morgan fingerprint density at radius 1 is 1.00 bits per heavy atom. The van der Waals surface area contributed by atoms with Gasteiger partial charge >= 0.3 is 0 Å². The molecule has 0 heterocycles. The Morgan fingerprint density at radius 2 is 1.58 bits per heavy atom. The number of hydrogen-bond donors (Lipinski definition) is 1. The van der Waals surface area contributed by atoms with Crippen molar-refractivity contribution < 1.29 is 0 Å². The number of halogens is 1. The highest BCUT2D eigenvalue weighted by atomic mass is 127. The van der Waals surface area contributed by atoms with Crippen LogP contribution in [0.5, 0.6) is 0 Å². The molecule has 0 aromatic heterocycles. The molecule has 1 aromatic rings. The van der Waals surface area contributed by atoms with Gasteiger partial charge in [-0.05, 0) is 72.9 Å². The zero-order chi connectivity index (χ0) is 13.7. The molecule has 0 spiro atoms. The third-order valence-corrected chi connectivity index (χ3v) is 5.21. The van der Waals surface area contributed by atoms with Gasteiger partial charge in [-0.1, -0.05) is 37.8 Å². The minimum Gasteiger partial charge on any atom is -0.307 e. The Hall–Kier alpha value is -0.0900. The van der Waals surface area contributed by atoms with E-state index in [1.807, 2.05) is 0 Å². The molecule has 106 valence electrons. The molecule has 1 fully saturated rings. The molecule has 2 atom stereocenters. The highest BCUT2D eigenvalue weighted by Crippen LogP contribution is 2.27. The summed E-state index contributed by atoms with van der Waals surface area (Å²) in [7, 11) is 0. The van der Waals surface area contributed by atoms with E-state index >= 15 is 0 Å². The van der Waals surface area contributed by atoms with E-state index in [1.54, 1.807) is 0 Å². The van der Waals surface area contributed by atoms with Crippen LogP contribution >= 0.6 is 22.6 Å². The Bertz CT molecular complexity index is 365. The van der Waals surface area contributed by atoms with Crippen molar-refractivity contribution in [3.8, 4) is 0 Å². The first-order valence-electron chi connectivity index (χ1n) is 7.68. The van der Waals surface area contributed by atoms with Gasteiger partial charge in [0.2, 0.25) is 0 Å². The second kappa shape index (κ2) is 7.63. The van der Waals surface area contributed by atoms with E-state index in [9.17, 15) is 0 Å². The van der Waals surface area contributed by atoms with Gasteiger partial charge in [-0.2, -0.15) is 0 Å². The molecule has 0 aliphatic heterocycles. The Balaban J connectivity index is 1.89. The van der Waals surface area contributed by atoms with Crippen LogP contribution < -0.4 is 5.32 Å². The summed E-state index contributed by atoms with van der Waals surface area (Å²) < 4.78 is 1.31. The van der Waals surface area contributed by atoms with E-state index in [2.05, 4.69) is 66.0 Å². The van der Waals surface area contributed by atoms with Crippen LogP contribution in [0.3, 0.4) is 0 Å². The molecular weight excluding hydrogens is 345 g/mol. The van der Waals surface area contributed by atoms with E-state index in [1.165, 1.54) is 47.7 Å². The number of rotatable bonds is 4. The summed E-state index contributed by atoms with van der Waals surface area (Å²) in [6, 6.07) is 9.98. The summed E-state index contributed by atoms with van der Waals surface area (Å²) in [6.07, 6.45) is 8.55. The van der Waals surface area contributed by atoms with E-state index < -0.39 is 0 Å². The lowest BCUT2D eigenvalue weighted by Crippen LogP contribution is -2.35. The highest BCUT2D eigenvalue weighted by Gasteiger charge is 2.20. The normalized spacial score (nSPS) is 20.8. The number of benzene rings is 1. The largest absolute Gasteiger partial charge is 0.307 e. The van der Waals surface area contributed by atoms with Crippen molar-refractivity contribution in [3.05, 3.63) is 33.4 Å². The van der Waals surface area contributed by atoms with Crippen molar-refractivity contribution in [2.75, 3.05) is 0 Å². The maximum absolute atomic E-state index is 3.81. The molecule has 1 N–H and O–H groups in total. The summed E-state index contributed by atoms with van der Waals surface area (Å²) in [5.74, 6) is 0.869. The summed E-state index contributed by atoms with van der Waals surface area (Å²) >= 11 is 2.36. The van der Waals surface area contributed by atoms with Gasteiger partial charge in [0, 0.05) is 15.7 Å². The van der Waals surface area contributed by atoms with Crippen LogP contribution in [-0.2, 0) is 0 Å². The first kappa shape index (κ1) is 15.3. The summed E-state index contributed by atoms with van der Waals surface area (Å²) in [5.41, 5.74) is 1.40. The lowest BCUT2D eigenvalue weighted by molar-refractivity contribution is 0.316. The maximum atomic E-state index is 3.81. The SMILES string of the molecule is CC(N[C@@H](C)C1CCCCCC1)c1ccc(I)cc1. The molecule has 1 saturated carbocycles. The molecule has 1 unspecified atom stereocenters. The third-order valence-electron chi connectivity index (χ3n) is 4.49. The van der Waals surface area contributed by atoms with Crippen LogP contribution in [0.25, 0.3) is 0 Å². The zero-order valence-electron chi connectivity index (χ0n) is 12.2. The van der Waals surface area contributed by atoms with Gasteiger partial charge in [0.1, 0.15) is 0 Å². The minimum atomic E-state index is 0.454. The predicted octanol–water partition coefficient (Wildman–Crippen LogP) is 5.30. The summed E-state index contributed by atoms with van der Waals surface area (Å²) in [4.78, 5) is 0. The monoisotopic (exact) mass is 371 g/mol. The zero-order valence-corrected chi connectivity index (χ0v) is 14.3. The van der Waals surface area contributed by atoms with Crippen molar-refractivity contribution in [2.24, 2.45) is 5.92 Å². The maximum Gasteiger partial charge on any atom is 0.0294 e. The van der Waals surface area contributed by atoms with Gasteiger partial charge in [0.05, 0.1) is 0 Å². The van der Waals surface area contributed by atoms with Gasteiger partial charge in [-0.15, -0.1) is 0 Å². The minimum absolute atomic E-state index is 0.454. The van der Waals surface area contributed by atoms with E-state index in [0.717, 1.165) is 5.92 Å². The Labute approximate surface area is 131 Å². The molecule has 0 bridgehead atoms. The van der Waals surface area contributed by atoms with E-state index in [0.29, 0.717) is 12.1 Å². The molecular formula is C17H26IN. The van der Waals surface area contributed by atoms with Gasteiger partial charge in [0.25, 0.3) is 0 Å². The lowest BCUT2D eigenvalue weighted by Gasteiger charge is -2.27. The van der Waals surface area contributed by atoms with Crippen molar-refractivity contribution in [2.45, 2.75) is 64.5 Å². The fourth-order valence-corrected chi connectivity index (χ4v) is 3.55. The lowest BCUT2D eigenvalue weighted by atomic mass is 9.92. The quantitative estimate of drug-likeness (QED) is 0.559.